The molecule has 0 aromatic heterocycles. The molecule has 10 heteroatoms. The third-order valence-corrected chi connectivity index (χ3v) is 2.55. The average molecular weight is 320 g/mol. The Hall–Kier alpha value is -0.210. The van der Waals surface area contributed by atoms with Crippen LogP contribution in [0, 0.1) is 0 Å². The van der Waals surface area contributed by atoms with E-state index in [0.29, 0.717) is 0 Å². The van der Waals surface area contributed by atoms with Crippen molar-refractivity contribution in [2.45, 2.75) is 20.8 Å². The fourth-order valence-corrected chi connectivity index (χ4v) is 0.777. The van der Waals surface area contributed by atoms with Crippen LogP contribution in [0.3, 0.4) is 0 Å². The highest BCUT2D eigenvalue weighted by molar-refractivity contribution is 7.96. The van der Waals surface area contributed by atoms with Crippen molar-refractivity contribution in [3.05, 3.63) is 0 Å². The summed E-state index contributed by atoms with van der Waals surface area (Å²) in [6.07, 6.45) is -0.0625. The quantitative estimate of drug-likeness (QED) is 0.399. The lowest BCUT2D eigenvalue weighted by molar-refractivity contribution is 0.229. The van der Waals surface area contributed by atoms with Crippen molar-refractivity contribution in [1.82, 2.24) is 4.90 Å². The van der Waals surface area contributed by atoms with Crippen LogP contribution in [-0.2, 0) is 4.57 Å². The van der Waals surface area contributed by atoms with E-state index < -0.39 is 12.8 Å². The minimum Gasteiger partial charge on any atom is -0.361 e. The summed E-state index contributed by atoms with van der Waals surface area (Å²) in [6, 6.07) is 0. The number of hydrogen-bond acceptors (Lipinski definition) is 3. The highest BCUT2D eigenvalue weighted by Gasteiger charge is 2.05. The Morgan fingerprint density at radius 3 is 1.39 bits per heavy atom. The summed E-state index contributed by atoms with van der Waals surface area (Å²) in [5.41, 5.74) is 4.34. The van der Waals surface area contributed by atoms with Gasteiger partial charge in [-0.05, 0) is 13.8 Å². The van der Waals surface area contributed by atoms with E-state index in [1.54, 1.807) is 4.90 Å². The zero-order chi connectivity index (χ0) is 15.4. The van der Waals surface area contributed by atoms with Gasteiger partial charge in [0.2, 0.25) is 0 Å². The van der Waals surface area contributed by atoms with E-state index in [2.05, 4.69) is 31.0 Å². The van der Waals surface area contributed by atoms with Gasteiger partial charge in [0.15, 0.2) is 0 Å². The average Bonchev–Trinajstić information content (AvgIpc) is 2.18. The first kappa shape index (κ1) is 22.9. The molecule has 7 nitrogen and oxygen atoms in total. The van der Waals surface area contributed by atoms with Gasteiger partial charge in [-0.25, -0.2) is 0 Å². The van der Waals surface area contributed by atoms with Gasteiger partial charge in [0, 0.05) is 19.3 Å². The molecule has 2 amide bonds. The number of amides is 2. The number of primary amides is 1. The molecule has 0 aromatic rings. The molecular weight excluding hydrogens is 299 g/mol. The molecule has 18 heavy (non-hydrogen) atoms. The summed E-state index contributed by atoms with van der Waals surface area (Å²) in [7, 11) is -3.65. The fraction of sp³-hybridized carbons (Fsp3) is 0.750. The smallest absolute Gasteiger partial charge is 0.325 e. The molecule has 0 saturated heterocycles. The minimum atomic E-state index is -3.65. The first-order valence-corrected chi connectivity index (χ1v) is 7.71. The van der Waals surface area contributed by atoms with Gasteiger partial charge in [0.05, 0.1) is 0 Å². The zero-order valence-electron chi connectivity index (χ0n) is 10.6. The third-order valence-electron chi connectivity index (χ3n) is 1.45. The molecule has 0 radical (unpaired) electrons. The summed E-state index contributed by atoms with van der Waals surface area (Å²) < 4.78 is 9.69. The Morgan fingerprint density at radius 2 is 1.39 bits per heavy atom. The van der Waals surface area contributed by atoms with Crippen molar-refractivity contribution in [3.8, 4) is 0 Å². The molecule has 0 aromatic carbocycles. The normalized spacial score (nSPS) is 9.28. The van der Waals surface area contributed by atoms with E-state index in [1.165, 1.54) is 6.92 Å². The van der Waals surface area contributed by atoms with E-state index >= 15 is 0 Å². The van der Waals surface area contributed by atoms with E-state index in [4.69, 9.17) is 14.6 Å². The second kappa shape index (κ2) is 13.2. The molecule has 4 N–H and O–H groups in total. The predicted octanol–water partition coefficient (Wildman–Crippen LogP) is 1.56. The molecule has 110 valence electrons. The van der Waals surface area contributed by atoms with Crippen molar-refractivity contribution < 1.29 is 23.9 Å². The first-order valence-electron chi connectivity index (χ1n) is 5.02. The van der Waals surface area contributed by atoms with Gasteiger partial charge in [-0.15, -0.1) is 0 Å². The summed E-state index contributed by atoms with van der Waals surface area (Å²) in [6.45, 7) is 6.80. The zero-order valence-corrected chi connectivity index (χ0v) is 13.3. The standard InChI is InChI=1S/C5H11NOS.C2H7O3P.CH3NOS/c1-3-6(4-2)5(7)8;1-2-6(3,4)5;2-1(3)4/h3-4H2,1-2H3,(H,7,8);2H2,1H3,(H2,3,4,5);(H3,2,3,4). The van der Waals surface area contributed by atoms with Crippen LogP contribution in [-0.4, -0.2) is 44.4 Å². The molecule has 0 aliphatic carbocycles. The largest absolute Gasteiger partial charge is 0.361 e. The molecule has 0 fully saturated rings. The number of carbonyl (C=O) groups excluding carboxylic acids is 2. The van der Waals surface area contributed by atoms with Crippen molar-refractivity contribution in [2.75, 3.05) is 19.3 Å². The fourth-order valence-electron chi connectivity index (χ4n) is 0.494. The van der Waals surface area contributed by atoms with Crippen molar-refractivity contribution in [3.63, 3.8) is 0 Å². The van der Waals surface area contributed by atoms with E-state index in [0.717, 1.165) is 13.1 Å². The Balaban J connectivity index is -0.000000200. The molecule has 0 aliphatic rings. The molecular formula is C8H21N2O5PS2. The Bertz CT molecular complexity index is 277. The van der Waals surface area contributed by atoms with E-state index in [9.17, 15) is 9.36 Å². The lowest BCUT2D eigenvalue weighted by atomic mass is 10.6. The highest BCUT2D eigenvalue weighted by atomic mass is 32.1. The van der Waals surface area contributed by atoms with E-state index in [1.807, 2.05) is 13.8 Å². The topological polar surface area (TPSA) is 121 Å². The van der Waals surface area contributed by atoms with Crippen LogP contribution < -0.4 is 5.73 Å². The van der Waals surface area contributed by atoms with Crippen LogP contribution in [0.5, 0.6) is 0 Å². The van der Waals surface area contributed by atoms with Gasteiger partial charge in [-0.1, -0.05) is 32.2 Å². The van der Waals surface area contributed by atoms with Crippen LogP contribution in [0.25, 0.3) is 0 Å². The third kappa shape index (κ3) is 29.7. The second-order valence-corrected chi connectivity index (χ2v) is 5.56. The number of thiol groups is 2. The maximum atomic E-state index is 10.4. The maximum Gasteiger partial charge on any atom is 0.325 e. The number of rotatable bonds is 3. The van der Waals surface area contributed by atoms with Crippen LogP contribution >= 0.6 is 32.9 Å². The highest BCUT2D eigenvalue weighted by Crippen LogP contribution is 2.32. The van der Waals surface area contributed by atoms with Gasteiger partial charge in [0.1, 0.15) is 0 Å². The van der Waals surface area contributed by atoms with Crippen molar-refractivity contribution >= 4 is 43.3 Å². The lowest BCUT2D eigenvalue weighted by Gasteiger charge is -2.13. The van der Waals surface area contributed by atoms with Crippen LogP contribution in [0.1, 0.15) is 20.8 Å². The molecule has 0 saturated carbocycles. The lowest BCUT2D eigenvalue weighted by Crippen LogP contribution is -2.24. The van der Waals surface area contributed by atoms with Crippen LogP contribution in [0.15, 0.2) is 0 Å². The molecule has 0 atom stereocenters. The molecule has 0 rings (SSSR count). The summed E-state index contributed by atoms with van der Waals surface area (Å²) in [5, 5.41) is -0.782. The summed E-state index contributed by atoms with van der Waals surface area (Å²) in [5.74, 6) is 0. The van der Waals surface area contributed by atoms with Gasteiger partial charge >= 0.3 is 7.60 Å². The first-order chi connectivity index (χ1) is 8.01. The Morgan fingerprint density at radius 1 is 1.17 bits per heavy atom. The molecule has 0 spiro atoms. The van der Waals surface area contributed by atoms with E-state index in [-0.39, 0.29) is 11.4 Å². The number of hydrogen-bond donors (Lipinski definition) is 5. The Kier molecular flexibility index (Phi) is 16.8. The van der Waals surface area contributed by atoms with Gasteiger partial charge < -0.3 is 20.4 Å². The molecule has 0 unspecified atom stereocenters. The Labute approximate surface area is 118 Å². The SMILES string of the molecule is CCN(CC)C(=O)S.CCP(=O)(O)O.NC(=O)S. The van der Waals surface area contributed by atoms with Crippen LogP contribution in [0.2, 0.25) is 0 Å². The number of carbonyl (C=O) groups is 2. The maximum absolute atomic E-state index is 10.4. The van der Waals surface area contributed by atoms with Crippen molar-refractivity contribution in [2.24, 2.45) is 5.73 Å². The van der Waals surface area contributed by atoms with Gasteiger partial charge in [-0.2, -0.15) is 0 Å². The monoisotopic (exact) mass is 320 g/mol. The van der Waals surface area contributed by atoms with Crippen LogP contribution in [0.4, 0.5) is 9.59 Å². The van der Waals surface area contributed by atoms with Gasteiger partial charge in [0.25, 0.3) is 10.5 Å². The van der Waals surface area contributed by atoms with Gasteiger partial charge in [-0.3, -0.25) is 14.2 Å². The van der Waals surface area contributed by atoms with Crippen molar-refractivity contribution in [1.29, 1.82) is 0 Å². The summed E-state index contributed by atoms with van der Waals surface area (Å²) >= 11 is 6.75. The number of nitrogens with two attached hydrogens (primary N) is 1. The minimum absolute atomic E-state index is 0.0625. The molecule has 0 heterocycles. The summed E-state index contributed by atoms with van der Waals surface area (Å²) in [4.78, 5) is 37.0. The molecule has 0 aliphatic heterocycles. The second-order valence-electron chi connectivity index (χ2n) is 2.77. The predicted molar refractivity (Wildman–Crippen MR) is 78.5 cm³/mol. The molecule has 0 bridgehead atoms. The number of nitrogens with zero attached hydrogens (tertiary/aromatic N) is 1.